The Balaban J connectivity index is 2.16. The number of ether oxygens (including phenoxy) is 1. The van der Waals surface area contributed by atoms with Gasteiger partial charge in [0.1, 0.15) is 5.76 Å². The number of oxazole rings is 1. The monoisotopic (exact) mass is 212 g/mol. The summed E-state index contributed by atoms with van der Waals surface area (Å²) >= 11 is 0. The SMILES string of the molecule is CCOCCCNC(C)c1ncc(C)o1. The van der Waals surface area contributed by atoms with Crippen LogP contribution in [0.25, 0.3) is 0 Å². The first-order chi connectivity index (χ1) is 7.24. The summed E-state index contributed by atoms with van der Waals surface area (Å²) < 4.78 is 10.7. The molecule has 1 unspecified atom stereocenters. The molecule has 0 aliphatic heterocycles. The van der Waals surface area contributed by atoms with Gasteiger partial charge in [0.2, 0.25) is 5.89 Å². The first-order valence-electron chi connectivity index (χ1n) is 5.47. The van der Waals surface area contributed by atoms with Crippen molar-refractivity contribution in [1.82, 2.24) is 10.3 Å². The molecule has 1 rings (SSSR count). The lowest BCUT2D eigenvalue weighted by molar-refractivity contribution is 0.144. The van der Waals surface area contributed by atoms with Crippen molar-refractivity contribution in [2.45, 2.75) is 33.2 Å². The van der Waals surface area contributed by atoms with Crippen LogP contribution in [0.3, 0.4) is 0 Å². The zero-order valence-electron chi connectivity index (χ0n) is 9.75. The predicted molar refractivity (Wildman–Crippen MR) is 58.8 cm³/mol. The van der Waals surface area contributed by atoms with Gasteiger partial charge in [-0.25, -0.2) is 4.98 Å². The summed E-state index contributed by atoms with van der Waals surface area (Å²) in [4.78, 5) is 4.17. The van der Waals surface area contributed by atoms with E-state index in [1.807, 2.05) is 20.8 Å². The molecule has 1 N–H and O–H groups in total. The Kier molecular flexibility index (Phi) is 5.36. The average Bonchev–Trinajstić information content (AvgIpc) is 2.64. The Labute approximate surface area is 91.0 Å². The lowest BCUT2D eigenvalue weighted by atomic mass is 10.3. The van der Waals surface area contributed by atoms with Gasteiger partial charge in [-0.15, -0.1) is 0 Å². The molecular formula is C11H20N2O2. The number of hydrogen-bond acceptors (Lipinski definition) is 4. The van der Waals surface area contributed by atoms with E-state index in [2.05, 4.69) is 10.3 Å². The van der Waals surface area contributed by atoms with Crippen molar-refractivity contribution >= 4 is 0 Å². The van der Waals surface area contributed by atoms with Gasteiger partial charge in [0, 0.05) is 13.2 Å². The van der Waals surface area contributed by atoms with Crippen LogP contribution >= 0.6 is 0 Å². The average molecular weight is 212 g/mol. The number of nitrogens with zero attached hydrogens (tertiary/aromatic N) is 1. The minimum atomic E-state index is 0.167. The molecule has 4 heteroatoms. The molecule has 15 heavy (non-hydrogen) atoms. The topological polar surface area (TPSA) is 47.3 Å². The molecule has 0 spiro atoms. The lowest BCUT2D eigenvalue weighted by Gasteiger charge is -2.09. The van der Waals surface area contributed by atoms with Crippen molar-refractivity contribution in [3.8, 4) is 0 Å². The summed E-state index contributed by atoms with van der Waals surface area (Å²) in [7, 11) is 0. The second kappa shape index (κ2) is 6.58. The largest absolute Gasteiger partial charge is 0.444 e. The maximum atomic E-state index is 5.42. The third-order valence-corrected chi connectivity index (χ3v) is 2.13. The molecule has 0 aromatic carbocycles. The third-order valence-electron chi connectivity index (χ3n) is 2.13. The number of hydrogen-bond donors (Lipinski definition) is 1. The minimum Gasteiger partial charge on any atom is -0.444 e. The standard InChI is InChI=1S/C11H20N2O2/c1-4-14-7-5-6-12-10(3)11-13-8-9(2)15-11/h8,10,12H,4-7H2,1-3H3. The quantitative estimate of drug-likeness (QED) is 0.703. The third kappa shape index (κ3) is 4.44. The van der Waals surface area contributed by atoms with Crippen LogP contribution in [-0.4, -0.2) is 24.7 Å². The smallest absolute Gasteiger partial charge is 0.211 e. The van der Waals surface area contributed by atoms with Gasteiger partial charge < -0.3 is 14.5 Å². The number of rotatable bonds is 7. The Morgan fingerprint density at radius 1 is 1.60 bits per heavy atom. The van der Waals surface area contributed by atoms with Crippen molar-refractivity contribution in [2.24, 2.45) is 0 Å². The Bertz CT molecular complexity index is 273. The summed E-state index contributed by atoms with van der Waals surface area (Å²) in [5.41, 5.74) is 0. The van der Waals surface area contributed by atoms with Crippen LogP contribution in [0.1, 0.15) is 38.0 Å². The van der Waals surface area contributed by atoms with E-state index < -0.39 is 0 Å². The van der Waals surface area contributed by atoms with Crippen molar-refractivity contribution in [3.05, 3.63) is 17.8 Å². The Morgan fingerprint density at radius 2 is 2.40 bits per heavy atom. The molecule has 0 fully saturated rings. The molecule has 1 heterocycles. The highest BCUT2D eigenvalue weighted by molar-refractivity contribution is 4.94. The number of aryl methyl sites for hydroxylation is 1. The first-order valence-corrected chi connectivity index (χ1v) is 5.47. The van der Waals surface area contributed by atoms with Crippen LogP contribution in [0.2, 0.25) is 0 Å². The second-order valence-electron chi connectivity index (χ2n) is 3.54. The fourth-order valence-corrected chi connectivity index (χ4v) is 1.30. The van der Waals surface area contributed by atoms with E-state index in [9.17, 15) is 0 Å². The van der Waals surface area contributed by atoms with Crippen molar-refractivity contribution in [3.63, 3.8) is 0 Å². The predicted octanol–water partition coefficient (Wildman–Crippen LogP) is 2.06. The van der Waals surface area contributed by atoms with Gasteiger partial charge in [-0.3, -0.25) is 0 Å². The zero-order valence-corrected chi connectivity index (χ0v) is 9.75. The highest BCUT2D eigenvalue weighted by Gasteiger charge is 2.09. The Morgan fingerprint density at radius 3 is 3.00 bits per heavy atom. The van der Waals surface area contributed by atoms with Gasteiger partial charge in [0.25, 0.3) is 0 Å². The molecular weight excluding hydrogens is 192 g/mol. The van der Waals surface area contributed by atoms with Crippen LogP contribution in [0, 0.1) is 6.92 Å². The van der Waals surface area contributed by atoms with Crippen LogP contribution in [0.4, 0.5) is 0 Å². The van der Waals surface area contributed by atoms with Crippen molar-refractivity contribution < 1.29 is 9.15 Å². The summed E-state index contributed by atoms with van der Waals surface area (Å²) in [5, 5.41) is 3.33. The summed E-state index contributed by atoms with van der Waals surface area (Å²) in [5.74, 6) is 1.61. The number of nitrogens with one attached hydrogen (secondary N) is 1. The molecule has 86 valence electrons. The van der Waals surface area contributed by atoms with Gasteiger partial charge >= 0.3 is 0 Å². The molecule has 0 amide bonds. The van der Waals surface area contributed by atoms with E-state index in [4.69, 9.17) is 9.15 Å². The van der Waals surface area contributed by atoms with Gasteiger partial charge in [-0.2, -0.15) is 0 Å². The number of aromatic nitrogens is 1. The summed E-state index contributed by atoms with van der Waals surface area (Å²) in [6.45, 7) is 8.47. The first kappa shape index (κ1) is 12.2. The second-order valence-corrected chi connectivity index (χ2v) is 3.54. The van der Waals surface area contributed by atoms with Crippen molar-refractivity contribution in [2.75, 3.05) is 19.8 Å². The zero-order chi connectivity index (χ0) is 11.1. The minimum absolute atomic E-state index is 0.167. The van der Waals surface area contributed by atoms with E-state index in [1.165, 1.54) is 0 Å². The van der Waals surface area contributed by atoms with Crippen LogP contribution < -0.4 is 5.32 Å². The van der Waals surface area contributed by atoms with Crippen LogP contribution in [0.15, 0.2) is 10.6 Å². The van der Waals surface area contributed by atoms with Gasteiger partial charge in [0.15, 0.2) is 0 Å². The van der Waals surface area contributed by atoms with E-state index in [-0.39, 0.29) is 6.04 Å². The van der Waals surface area contributed by atoms with Crippen molar-refractivity contribution in [1.29, 1.82) is 0 Å². The molecule has 1 aromatic rings. The van der Waals surface area contributed by atoms with E-state index >= 15 is 0 Å². The maximum Gasteiger partial charge on any atom is 0.211 e. The molecule has 0 aliphatic rings. The Hall–Kier alpha value is -0.870. The fraction of sp³-hybridized carbons (Fsp3) is 0.727. The summed E-state index contributed by atoms with van der Waals surface area (Å²) in [6, 6.07) is 0.167. The lowest BCUT2D eigenvalue weighted by Crippen LogP contribution is -2.21. The highest BCUT2D eigenvalue weighted by atomic mass is 16.5. The van der Waals surface area contributed by atoms with Gasteiger partial charge in [0.05, 0.1) is 12.2 Å². The molecule has 0 radical (unpaired) electrons. The summed E-state index contributed by atoms with van der Waals surface area (Å²) in [6.07, 6.45) is 2.76. The molecule has 1 aromatic heterocycles. The fourth-order valence-electron chi connectivity index (χ4n) is 1.30. The molecule has 0 saturated heterocycles. The molecule has 1 atom stereocenters. The van der Waals surface area contributed by atoms with E-state index in [1.54, 1.807) is 6.20 Å². The van der Waals surface area contributed by atoms with Gasteiger partial charge in [-0.05, 0) is 33.7 Å². The van der Waals surface area contributed by atoms with Crippen LogP contribution in [0.5, 0.6) is 0 Å². The molecule has 0 bridgehead atoms. The van der Waals surface area contributed by atoms with Crippen LogP contribution in [-0.2, 0) is 4.74 Å². The van der Waals surface area contributed by atoms with E-state index in [0.29, 0.717) is 0 Å². The maximum absolute atomic E-state index is 5.42. The molecule has 0 aliphatic carbocycles. The van der Waals surface area contributed by atoms with E-state index in [0.717, 1.165) is 37.8 Å². The molecule has 4 nitrogen and oxygen atoms in total. The normalized spacial score (nSPS) is 13.0. The van der Waals surface area contributed by atoms with Gasteiger partial charge in [-0.1, -0.05) is 0 Å². The molecule has 0 saturated carbocycles. The highest BCUT2D eigenvalue weighted by Crippen LogP contribution is 2.11.